The smallest absolute Gasteiger partial charge is 0.322 e. The Hall–Kier alpha value is -3.56. The van der Waals surface area contributed by atoms with Gasteiger partial charge < -0.3 is 29.5 Å². The maximum Gasteiger partial charge on any atom is 0.322 e. The van der Waals surface area contributed by atoms with Crippen molar-refractivity contribution in [3.05, 3.63) is 75.5 Å². The largest absolute Gasteiger partial charge is 0.454 e. The number of urea groups is 1. The van der Waals surface area contributed by atoms with Gasteiger partial charge in [0.2, 0.25) is 12.7 Å². The van der Waals surface area contributed by atoms with Crippen LogP contribution in [0.25, 0.3) is 0 Å². The number of hydrogen-bond acceptors (Lipinski definition) is 6. The first-order chi connectivity index (χ1) is 18.9. The van der Waals surface area contributed by atoms with Crippen LogP contribution in [0.2, 0.25) is 0 Å². The molecule has 206 valence electrons. The highest BCUT2D eigenvalue weighted by molar-refractivity contribution is 7.10. The van der Waals surface area contributed by atoms with Gasteiger partial charge in [0.25, 0.3) is 0 Å². The maximum absolute atomic E-state index is 13.9. The molecule has 0 bridgehead atoms. The zero-order valence-electron chi connectivity index (χ0n) is 22.7. The topological polar surface area (TPSA) is 74.4 Å². The first-order valence-corrected chi connectivity index (χ1v) is 14.4. The van der Waals surface area contributed by atoms with Crippen LogP contribution < -0.4 is 14.8 Å². The van der Waals surface area contributed by atoms with Crippen LogP contribution >= 0.6 is 11.3 Å². The molecule has 0 aliphatic carbocycles. The highest BCUT2D eigenvalue weighted by Gasteiger charge is 2.25. The predicted molar refractivity (Wildman–Crippen MR) is 153 cm³/mol. The number of ether oxygens (including phenoxy) is 2. The summed E-state index contributed by atoms with van der Waals surface area (Å²) in [6.45, 7) is 8.48. The van der Waals surface area contributed by atoms with Crippen LogP contribution in [0.3, 0.4) is 0 Å². The van der Waals surface area contributed by atoms with E-state index < -0.39 is 0 Å². The first kappa shape index (κ1) is 27.0. The van der Waals surface area contributed by atoms with Crippen molar-refractivity contribution in [2.24, 2.45) is 0 Å². The Morgan fingerprint density at radius 1 is 0.949 bits per heavy atom. The van der Waals surface area contributed by atoms with Gasteiger partial charge in [-0.25, -0.2) is 4.79 Å². The number of anilines is 1. The average molecular weight is 549 g/mol. The molecule has 1 fully saturated rings. The third kappa shape index (κ3) is 7.10. The van der Waals surface area contributed by atoms with E-state index in [1.807, 2.05) is 59.7 Å². The van der Waals surface area contributed by atoms with Crippen molar-refractivity contribution in [1.29, 1.82) is 0 Å². The summed E-state index contributed by atoms with van der Waals surface area (Å²) in [6, 6.07) is 15.3. The van der Waals surface area contributed by atoms with Crippen LogP contribution in [-0.4, -0.2) is 66.2 Å². The van der Waals surface area contributed by atoms with E-state index in [0.29, 0.717) is 31.1 Å². The fourth-order valence-corrected chi connectivity index (χ4v) is 5.78. The molecule has 0 unspecified atom stereocenters. The number of fused-ring (bicyclic) bond motifs is 1. The molecule has 0 radical (unpaired) electrons. The Bertz CT molecular complexity index is 1290. The monoisotopic (exact) mass is 548 g/mol. The van der Waals surface area contributed by atoms with Gasteiger partial charge in [0.05, 0.1) is 6.54 Å². The second-order valence-electron chi connectivity index (χ2n) is 10.2. The fraction of sp³-hybridized carbons (Fsp3) is 0.400. The normalized spacial score (nSPS) is 14.4. The summed E-state index contributed by atoms with van der Waals surface area (Å²) < 4.78 is 11.0. The van der Waals surface area contributed by atoms with Crippen molar-refractivity contribution in [2.75, 3.05) is 44.8 Å². The fourth-order valence-electron chi connectivity index (χ4n) is 4.85. The molecule has 1 saturated heterocycles. The van der Waals surface area contributed by atoms with Crippen LogP contribution in [-0.2, 0) is 17.9 Å². The zero-order valence-corrected chi connectivity index (χ0v) is 23.5. The van der Waals surface area contributed by atoms with Crippen molar-refractivity contribution in [3.8, 4) is 11.5 Å². The lowest BCUT2D eigenvalue weighted by Gasteiger charge is -2.29. The first-order valence-electron chi connectivity index (χ1n) is 13.5. The van der Waals surface area contributed by atoms with E-state index in [1.54, 1.807) is 16.2 Å². The number of benzene rings is 2. The average Bonchev–Trinajstić information content (AvgIpc) is 3.70. The molecule has 3 amide bonds. The van der Waals surface area contributed by atoms with Gasteiger partial charge in [0.1, 0.15) is 6.54 Å². The van der Waals surface area contributed by atoms with Crippen LogP contribution in [0, 0.1) is 13.8 Å². The second-order valence-corrected chi connectivity index (χ2v) is 11.2. The number of likely N-dealkylation sites (tertiary alicyclic amines) is 1. The Balaban J connectivity index is 1.33. The molecule has 2 aromatic carbocycles. The third-order valence-corrected chi connectivity index (χ3v) is 8.27. The molecule has 9 heteroatoms. The van der Waals surface area contributed by atoms with Gasteiger partial charge in [-0.3, -0.25) is 4.79 Å². The summed E-state index contributed by atoms with van der Waals surface area (Å²) in [7, 11) is 0. The summed E-state index contributed by atoms with van der Waals surface area (Å²) in [6.07, 6.45) is 2.36. The van der Waals surface area contributed by atoms with E-state index in [1.165, 1.54) is 12.8 Å². The number of rotatable bonds is 10. The predicted octanol–water partition coefficient (Wildman–Crippen LogP) is 5.25. The number of thiophene rings is 1. The molecule has 0 spiro atoms. The molecule has 8 nitrogen and oxygen atoms in total. The van der Waals surface area contributed by atoms with Crippen LogP contribution in [0.5, 0.6) is 11.5 Å². The number of aryl methyl sites for hydroxylation is 2. The molecular formula is C30H36N4O4S. The van der Waals surface area contributed by atoms with Gasteiger partial charge >= 0.3 is 6.03 Å². The standard InChI is InChI=1S/C30H36N4O4S/c1-22-5-8-25(9-6-22)31-30(36)33(15-14-32-12-3-4-13-32)20-29(35)34(19-28-23(2)11-16-39-28)18-24-7-10-26-27(17-24)38-21-37-26/h5-11,16-17H,3-4,12-15,18-21H2,1-2H3,(H,31,36). The zero-order chi connectivity index (χ0) is 27.2. The molecule has 39 heavy (non-hydrogen) atoms. The number of carbonyl (C=O) groups excluding carboxylic acids is 2. The van der Waals surface area contributed by atoms with Gasteiger partial charge in [0, 0.05) is 30.2 Å². The molecular weight excluding hydrogens is 512 g/mol. The number of nitrogens with zero attached hydrogens (tertiary/aromatic N) is 3. The maximum atomic E-state index is 13.9. The molecule has 3 aromatic rings. The Labute approximate surface area is 234 Å². The number of amides is 3. The van der Waals surface area contributed by atoms with Gasteiger partial charge in [-0.05, 0) is 86.6 Å². The second kappa shape index (κ2) is 12.5. The summed E-state index contributed by atoms with van der Waals surface area (Å²) in [5, 5.41) is 5.04. The molecule has 2 aliphatic rings. The molecule has 1 aromatic heterocycles. The van der Waals surface area contributed by atoms with E-state index in [9.17, 15) is 9.59 Å². The number of hydrogen-bond donors (Lipinski definition) is 1. The Kier molecular flexibility index (Phi) is 8.68. The molecule has 0 saturated carbocycles. The van der Waals surface area contributed by atoms with Crippen LogP contribution in [0.15, 0.2) is 53.9 Å². The highest BCUT2D eigenvalue weighted by Crippen LogP contribution is 2.33. The SMILES string of the molecule is Cc1ccc(NC(=O)N(CCN2CCCC2)CC(=O)N(Cc2ccc3c(c2)OCO3)Cc2sccc2C)cc1. The molecule has 0 atom stereocenters. The van der Waals surface area contributed by atoms with E-state index in [2.05, 4.69) is 23.2 Å². The number of carbonyl (C=O) groups is 2. The third-order valence-electron chi connectivity index (χ3n) is 7.27. The van der Waals surface area contributed by atoms with E-state index >= 15 is 0 Å². The van der Waals surface area contributed by atoms with Crippen molar-refractivity contribution in [2.45, 2.75) is 39.8 Å². The van der Waals surface area contributed by atoms with Crippen molar-refractivity contribution in [3.63, 3.8) is 0 Å². The van der Waals surface area contributed by atoms with Gasteiger partial charge in [-0.15, -0.1) is 11.3 Å². The van der Waals surface area contributed by atoms with E-state index in [-0.39, 0.29) is 25.3 Å². The van der Waals surface area contributed by atoms with Gasteiger partial charge in [0.15, 0.2) is 11.5 Å². The van der Waals surface area contributed by atoms with Crippen LogP contribution in [0.4, 0.5) is 10.5 Å². The minimum Gasteiger partial charge on any atom is -0.454 e. The summed E-state index contributed by atoms with van der Waals surface area (Å²) in [4.78, 5) is 34.3. The van der Waals surface area contributed by atoms with E-state index in [4.69, 9.17) is 9.47 Å². The lowest BCUT2D eigenvalue weighted by atomic mass is 10.1. The summed E-state index contributed by atoms with van der Waals surface area (Å²) in [5.74, 6) is 1.31. The lowest BCUT2D eigenvalue weighted by Crippen LogP contribution is -2.46. The lowest BCUT2D eigenvalue weighted by molar-refractivity contribution is -0.133. The molecule has 3 heterocycles. The summed E-state index contributed by atoms with van der Waals surface area (Å²) in [5.41, 5.74) is 3.95. The Morgan fingerprint density at radius 3 is 2.46 bits per heavy atom. The quantitative estimate of drug-likeness (QED) is 0.375. The van der Waals surface area contributed by atoms with E-state index in [0.717, 1.165) is 46.9 Å². The summed E-state index contributed by atoms with van der Waals surface area (Å²) >= 11 is 1.64. The van der Waals surface area contributed by atoms with Crippen molar-refractivity contribution < 1.29 is 19.1 Å². The minimum atomic E-state index is -0.262. The van der Waals surface area contributed by atoms with Crippen molar-refractivity contribution in [1.82, 2.24) is 14.7 Å². The van der Waals surface area contributed by atoms with Gasteiger partial charge in [-0.2, -0.15) is 0 Å². The highest BCUT2D eigenvalue weighted by atomic mass is 32.1. The molecule has 5 rings (SSSR count). The minimum absolute atomic E-state index is 0.000505. The Morgan fingerprint density at radius 2 is 1.72 bits per heavy atom. The van der Waals surface area contributed by atoms with Crippen molar-refractivity contribution >= 4 is 29.0 Å². The van der Waals surface area contributed by atoms with Gasteiger partial charge in [-0.1, -0.05) is 23.8 Å². The molecule has 2 aliphatic heterocycles. The number of nitrogens with one attached hydrogen (secondary N) is 1. The van der Waals surface area contributed by atoms with Crippen LogP contribution in [0.1, 0.15) is 34.4 Å². The molecule has 1 N–H and O–H groups in total.